The van der Waals surface area contributed by atoms with Crippen LogP contribution in [0.3, 0.4) is 0 Å². The van der Waals surface area contributed by atoms with Crippen LogP contribution in [-0.4, -0.2) is 24.9 Å². The number of aromatic amines is 1. The molecule has 2 N–H and O–H groups in total. The smallest absolute Gasteiger partial charge is 0.168 e. The van der Waals surface area contributed by atoms with E-state index in [1.54, 1.807) is 6.07 Å². The van der Waals surface area contributed by atoms with Gasteiger partial charge < -0.3 is 10.1 Å². The zero-order valence-corrected chi connectivity index (χ0v) is 14.5. The number of aromatic hydroxyl groups is 1. The maximum atomic E-state index is 10.1. The first-order chi connectivity index (χ1) is 12.1. The first-order valence-corrected chi connectivity index (χ1v) is 8.41. The fourth-order valence-electron chi connectivity index (χ4n) is 3.35. The molecule has 0 fully saturated rings. The number of rotatable bonds is 3. The van der Waals surface area contributed by atoms with Gasteiger partial charge in [-0.25, -0.2) is 0 Å². The van der Waals surface area contributed by atoms with Crippen LogP contribution in [0.15, 0.2) is 42.6 Å². The molecule has 0 spiro atoms. The summed E-state index contributed by atoms with van der Waals surface area (Å²) >= 11 is 0. The fourth-order valence-corrected chi connectivity index (χ4v) is 3.35. The number of nitrogens with zero attached hydrogens (tertiary/aromatic N) is 3. The number of phenolic OH excluding ortho intramolecular Hbond substituents is 1. The van der Waals surface area contributed by atoms with Crippen LogP contribution in [0.4, 0.5) is 0 Å². The van der Waals surface area contributed by atoms with E-state index in [-0.39, 0.29) is 0 Å². The van der Waals surface area contributed by atoms with Gasteiger partial charge in [0.1, 0.15) is 11.6 Å². The van der Waals surface area contributed by atoms with Crippen LogP contribution in [0.25, 0.3) is 28.0 Å². The largest absolute Gasteiger partial charge is 0.508 e. The normalized spacial score (nSPS) is 11.3. The molecule has 2 aromatic heterocycles. The van der Waals surface area contributed by atoms with E-state index < -0.39 is 0 Å². The molecule has 5 heteroatoms. The maximum Gasteiger partial charge on any atom is 0.168 e. The number of phenols is 1. The van der Waals surface area contributed by atoms with Gasteiger partial charge in [0.2, 0.25) is 0 Å². The number of hydrogen-bond acceptors (Lipinski definition) is 3. The van der Waals surface area contributed by atoms with Crippen molar-refractivity contribution in [2.75, 3.05) is 0 Å². The zero-order chi connectivity index (χ0) is 17.6. The van der Waals surface area contributed by atoms with Crippen LogP contribution >= 0.6 is 0 Å². The molecule has 2 heterocycles. The number of H-pyrrole nitrogens is 1. The first kappa shape index (κ1) is 15.4. The van der Waals surface area contributed by atoms with E-state index in [0.717, 1.165) is 51.4 Å². The van der Waals surface area contributed by atoms with Gasteiger partial charge >= 0.3 is 0 Å². The summed E-state index contributed by atoms with van der Waals surface area (Å²) < 4.78 is 2.08. The molecule has 0 atom stereocenters. The minimum atomic E-state index is 0.333. The van der Waals surface area contributed by atoms with Crippen molar-refractivity contribution in [2.24, 2.45) is 0 Å². The van der Waals surface area contributed by atoms with E-state index in [1.807, 2.05) is 39.1 Å². The predicted molar refractivity (Wildman–Crippen MR) is 99.2 cm³/mol. The second-order valence-corrected chi connectivity index (χ2v) is 6.27. The van der Waals surface area contributed by atoms with E-state index >= 15 is 0 Å². The van der Waals surface area contributed by atoms with Crippen LogP contribution in [-0.2, 0) is 6.42 Å². The van der Waals surface area contributed by atoms with Gasteiger partial charge in [-0.1, -0.05) is 13.0 Å². The average Bonchev–Trinajstić information content (AvgIpc) is 3.21. The molecule has 0 aliphatic heterocycles. The SMILES string of the molecule is CCc1cc(-c2nnc(C)n2-c2cccc3[nH]ccc23)c(C)cc1O. The molecule has 0 saturated heterocycles. The molecule has 0 amide bonds. The lowest BCUT2D eigenvalue weighted by Gasteiger charge is -2.13. The molecule has 0 radical (unpaired) electrons. The van der Waals surface area contributed by atoms with Crippen molar-refractivity contribution in [1.82, 2.24) is 19.7 Å². The molecule has 0 unspecified atom stereocenters. The molecular weight excluding hydrogens is 312 g/mol. The summed E-state index contributed by atoms with van der Waals surface area (Å²) in [6, 6.07) is 12.0. The molecule has 0 bridgehead atoms. The van der Waals surface area contributed by atoms with Crippen molar-refractivity contribution in [3.8, 4) is 22.8 Å². The van der Waals surface area contributed by atoms with Gasteiger partial charge in [0.25, 0.3) is 0 Å². The fraction of sp³-hybridized carbons (Fsp3) is 0.200. The number of aryl methyl sites for hydroxylation is 3. The highest BCUT2D eigenvalue weighted by molar-refractivity contribution is 5.88. The number of fused-ring (bicyclic) bond motifs is 1. The molecule has 2 aromatic carbocycles. The Bertz CT molecular complexity index is 1070. The van der Waals surface area contributed by atoms with Crippen LogP contribution < -0.4 is 0 Å². The summed E-state index contributed by atoms with van der Waals surface area (Å²) in [4.78, 5) is 3.25. The number of aromatic nitrogens is 4. The molecule has 4 aromatic rings. The van der Waals surface area contributed by atoms with Gasteiger partial charge in [0, 0.05) is 22.7 Å². The lowest BCUT2D eigenvalue weighted by atomic mass is 10.0. The lowest BCUT2D eigenvalue weighted by Crippen LogP contribution is -2.02. The van der Waals surface area contributed by atoms with Crippen molar-refractivity contribution in [1.29, 1.82) is 0 Å². The van der Waals surface area contributed by atoms with E-state index in [0.29, 0.717) is 5.75 Å². The third kappa shape index (κ3) is 2.39. The highest BCUT2D eigenvalue weighted by Crippen LogP contribution is 2.32. The highest BCUT2D eigenvalue weighted by atomic mass is 16.3. The first-order valence-electron chi connectivity index (χ1n) is 8.41. The second-order valence-electron chi connectivity index (χ2n) is 6.27. The highest BCUT2D eigenvalue weighted by Gasteiger charge is 2.18. The van der Waals surface area contributed by atoms with Crippen molar-refractivity contribution in [3.05, 3.63) is 59.5 Å². The van der Waals surface area contributed by atoms with Gasteiger partial charge in [0.05, 0.1) is 5.69 Å². The van der Waals surface area contributed by atoms with Crippen LogP contribution in [0.5, 0.6) is 5.75 Å². The van der Waals surface area contributed by atoms with Crippen LogP contribution in [0, 0.1) is 13.8 Å². The second kappa shape index (κ2) is 5.77. The van der Waals surface area contributed by atoms with E-state index in [2.05, 4.69) is 37.9 Å². The molecule has 5 nitrogen and oxygen atoms in total. The van der Waals surface area contributed by atoms with Crippen molar-refractivity contribution in [3.63, 3.8) is 0 Å². The Kier molecular flexibility index (Phi) is 3.57. The van der Waals surface area contributed by atoms with Crippen LogP contribution in [0.1, 0.15) is 23.9 Å². The Labute approximate surface area is 146 Å². The Morgan fingerprint density at radius 2 is 1.96 bits per heavy atom. The number of hydrogen-bond donors (Lipinski definition) is 2. The summed E-state index contributed by atoms with van der Waals surface area (Å²) in [5.41, 5.74) is 5.00. The van der Waals surface area contributed by atoms with Crippen molar-refractivity contribution < 1.29 is 5.11 Å². The minimum absolute atomic E-state index is 0.333. The Balaban J connectivity index is 2.00. The summed E-state index contributed by atoms with van der Waals surface area (Å²) in [6.07, 6.45) is 2.70. The molecular formula is C20H20N4O. The predicted octanol–water partition coefficient (Wildman–Crippen LogP) is 4.30. The Morgan fingerprint density at radius 3 is 2.76 bits per heavy atom. The minimum Gasteiger partial charge on any atom is -0.508 e. The van der Waals surface area contributed by atoms with Gasteiger partial charge in [-0.05, 0) is 61.7 Å². The van der Waals surface area contributed by atoms with Gasteiger partial charge in [-0.3, -0.25) is 4.57 Å². The van der Waals surface area contributed by atoms with Gasteiger partial charge in [-0.15, -0.1) is 10.2 Å². The van der Waals surface area contributed by atoms with Crippen molar-refractivity contribution in [2.45, 2.75) is 27.2 Å². The van der Waals surface area contributed by atoms with Crippen molar-refractivity contribution >= 4 is 10.9 Å². The van der Waals surface area contributed by atoms with E-state index in [9.17, 15) is 5.11 Å². The van der Waals surface area contributed by atoms with E-state index in [1.165, 1.54) is 0 Å². The number of nitrogens with one attached hydrogen (secondary N) is 1. The molecule has 126 valence electrons. The topological polar surface area (TPSA) is 66.7 Å². The summed E-state index contributed by atoms with van der Waals surface area (Å²) in [6.45, 7) is 5.98. The monoisotopic (exact) mass is 332 g/mol. The van der Waals surface area contributed by atoms with E-state index in [4.69, 9.17) is 0 Å². The molecule has 25 heavy (non-hydrogen) atoms. The third-order valence-electron chi connectivity index (χ3n) is 4.69. The lowest BCUT2D eigenvalue weighted by molar-refractivity contribution is 0.468. The molecule has 4 rings (SSSR count). The quantitative estimate of drug-likeness (QED) is 0.588. The zero-order valence-electron chi connectivity index (χ0n) is 14.5. The Morgan fingerprint density at radius 1 is 1.12 bits per heavy atom. The molecule has 0 aliphatic carbocycles. The van der Waals surface area contributed by atoms with Crippen LogP contribution in [0.2, 0.25) is 0 Å². The standard InChI is InChI=1S/C20H20N4O/c1-4-14-11-16(12(2)10-19(14)25)20-23-22-13(3)24(20)18-7-5-6-17-15(18)8-9-21-17/h5-11,21,25H,4H2,1-3H3. The summed E-state index contributed by atoms with van der Waals surface area (Å²) in [7, 11) is 0. The average molecular weight is 332 g/mol. The third-order valence-corrected chi connectivity index (χ3v) is 4.69. The number of benzene rings is 2. The molecule has 0 saturated carbocycles. The summed E-state index contributed by atoms with van der Waals surface area (Å²) in [5.74, 6) is 1.95. The maximum absolute atomic E-state index is 10.1. The molecule has 0 aliphatic rings. The summed E-state index contributed by atoms with van der Waals surface area (Å²) in [5, 5.41) is 20.0. The van der Waals surface area contributed by atoms with Gasteiger partial charge in [-0.2, -0.15) is 0 Å². The van der Waals surface area contributed by atoms with Gasteiger partial charge in [0.15, 0.2) is 5.82 Å². The Hall–Kier alpha value is -3.08.